The van der Waals surface area contributed by atoms with Gasteiger partial charge in [0.15, 0.2) is 6.29 Å². The van der Waals surface area contributed by atoms with Crippen molar-refractivity contribution in [1.82, 2.24) is 0 Å². The summed E-state index contributed by atoms with van der Waals surface area (Å²) in [7, 11) is 0. The molecule has 3 heteroatoms. The molecule has 0 N–H and O–H groups in total. The Morgan fingerprint density at radius 1 is 0.950 bits per heavy atom. The summed E-state index contributed by atoms with van der Waals surface area (Å²) in [5.74, 6) is 1.46. The number of aldehydes is 1. The molecule has 0 radical (unpaired) electrons. The summed E-state index contributed by atoms with van der Waals surface area (Å²) in [4.78, 5) is 11.2. The van der Waals surface area contributed by atoms with Gasteiger partial charge >= 0.3 is 0 Å². The highest BCUT2D eigenvalue weighted by Crippen LogP contribution is 2.30. The minimum Gasteiger partial charge on any atom is -0.493 e. The fourth-order valence-corrected chi connectivity index (χ4v) is 2.23. The Labute approximate surface area is 122 Å². The molecule has 0 fully saturated rings. The smallest absolute Gasteiger partial charge is 0.153 e. The van der Waals surface area contributed by atoms with Crippen LogP contribution in [-0.2, 0) is 6.42 Å². The molecule has 0 aliphatic carbocycles. The van der Waals surface area contributed by atoms with Crippen molar-refractivity contribution >= 4 is 6.29 Å². The van der Waals surface area contributed by atoms with Crippen molar-refractivity contribution in [2.45, 2.75) is 52.9 Å². The van der Waals surface area contributed by atoms with Gasteiger partial charge in [-0.15, -0.1) is 0 Å². The van der Waals surface area contributed by atoms with Crippen LogP contribution in [0.1, 0.15) is 62.4 Å². The molecule has 112 valence electrons. The summed E-state index contributed by atoms with van der Waals surface area (Å²) in [6.45, 7) is 7.24. The first kappa shape index (κ1) is 16.5. The molecule has 1 rings (SSSR count). The molecule has 0 spiro atoms. The summed E-state index contributed by atoms with van der Waals surface area (Å²) >= 11 is 0. The van der Waals surface area contributed by atoms with E-state index in [1.54, 1.807) is 0 Å². The first-order chi connectivity index (χ1) is 9.76. The van der Waals surface area contributed by atoms with E-state index in [2.05, 4.69) is 6.92 Å². The van der Waals surface area contributed by atoms with E-state index in [1.165, 1.54) is 19.3 Å². The normalized spacial score (nSPS) is 10.3. The number of benzene rings is 1. The molecule has 0 aromatic heterocycles. The molecule has 0 unspecified atom stereocenters. The first-order valence-corrected chi connectivity index (χ1v) is 7.64. The Bertz CT molecular complexity index is 413. The predicted octanol–water partition coefficient (Wildman–Crippen LogP) is 4.42. The molecule has 0 bridgehead atoms. The van der Waals surface area contributed by atoms with Crippen molar-refractivity contribution in [3.05, 3.63) is 23.3 Å². The van der Waals surface area contributed by atoms with Gasteiger partial charge in [0.1, 0.15) is 11.5 Å². The van der Waals surface area contributed by atoms with Crippen molar-refractivity contribution < 1.29 is 14.3 Å². The molecule has 3 nitrogen and oxygen atoms in total. The van der Waals surface area contributed by atoms with Gasteiger partial charge in [-0.25, -0.2) is 0 Å². The van der Waals surface area contributed by atoms with E-state index in [-0.39, 0.29) is 0 Å². The van der Waals surface area contributed by atoms with Crippen molar-refractivity contribution in [1.29, 1.82) is 0 Å². The molecule has 0 aliphatic heterocycles. The second-order valence-electron chi connectivity index (χ2n) is 4.79. The Morgan fingerprint density at radius 2 is 1.65 bits per heavy atom. The number of ether oxygens (including phenoxy) is 2. The third-order valence-electron chi connectivity index (χ3n) is 3.22. The zero-order chi connectivity index (χ0) is 14.8. The zero-order valence-electron chi connectivity index (χ0n) is 12.9. The van der Waals surface area contributed by atoms with Crippen LogP contribution in [0.2, 0.25) is 0 Å². The van der Waals surface area contributed by atoms with E-state index >= 15 is 0 Å². The number of hydrogen-bond acceptors (Lipinski definition) is 3. The van der Waals surface area contributed by atoms with Gasteiger partial charge in [0.05, 0.1) is 18.8 Å². The zero-order valence-corrected chi connectivity index (χ0v) is 12.9. The summed E-state index contributed by atoms with van der Waals surface area (Å²) in [6, 6.07) is 3.76. The van der Waals surface area contributed by atoms with Crippen LogP contribution in [-0.4, -0.2) is 19.5 Å². The second kappa shape index (κ2) is 9.40. The van der Waals surface area contributed by atoms with E-state index in [0.717, 1.165) is 30.4 Å². The number of carbonyl (C=O) groups is 1. The van der Waals surface area contributed by atoms with Crippen LogP contribution in [0.4, 0.5) is 0 Å². The molecular formula is C17H26O3. The highest BCUT2D eigenvalue weighted by molar-refractivity contribution is 5.80. The van der Waals surface area contributed by atoms with E-state index in [9.17, 15) is 4.79 Å². The highest BCUT2D eigenvalue weighted by atomic mass is 16.5. The number of aryl methyl sites for hydroxylation is 1. The summed E-state index contributed by atoms with van der Waals surface area (Å²) in [6.07, 6.45) is 6.62. The van der Waals surface area contributed by atoms with Crippen LogP contribution >= 0.6 is 0 Å². The molecule has 1 aromatic carbocycles. The van der Waals surface area contributed by atoms with E-state index in [0.29, 0.717) is 24.5 Å². The van der Waals surface area contributed by atoms with Gasteiger partial charge in [-0.05, 0) is 38.3 Å². The van der Waals surface area contributed by atoms with E-state index in [1.807, 2.05) is 26.0 Å². The van der Waals surface area contributed by atoms with Gasteiger partial charge in [0.2, 0.25) is 0 Å². The topological polar surface area (TPSA) is 35.5 Å². The maximum absolute atomic E-state index is 11.2. The Morgan fingerprint density at radius 3 is 2.25 bits per heavy atom. The first-order valence-electron chi connectivity index (χ1n) is 7.64. The third-order valence-corrected chi connectivity index (χ3v) is 3.22. The van der Waals surface area contributed by atoms with Crippen molar-refractivity contribution in [2.75, 3.05) is 13.2 Å². The Balaban J connectivity index is 2.91. The van der Waals surface area contributed by atoms with Crippen molar-refractivity contribution in [3.8, 4) is 11.5 Å². The lowest BCUT2D eigenvalue weighted by Gasteiger charge is -2.14. The molecule has 0 aliphatic rings. The van der Waals surface area contributed by atoms with Crippen molar-refractivity contribution in [3.63, 3.8) is 0 Å². The monoisotopic (exact) mass is 278 g/mol. The third kappa shape index (κ3) is 4.87. The number of carbonyl (C=O) groups excluding carboxylic acids is 1. The molecular weight excluding hydrogens is 252 g/mol. The predicted molar refractivity (Wildman–Crippen MR) is 82.0 cm³/mol. The molecule has 20 heavy (non-hydrogen) atoms. The van der Waals surface area contributed by atoms with Gasteiger partial charge in [0, 0.05) is 6.07 Å². The number of unbranched alkanes of at least 4 members (excludes halogenated alkanes) is 3. The molecule has 0 amide bonds. The minimum atomic E-state index is 0.544. The Hall–Kier alpha value is -1.51. The fraction of sp³-hybridized carbons (Fsp3) is 0.588. The summed E-state index contributed by atoms with van der Waals surface area (Å²) in [5.41, 5.74) is 1.72. The van der Waals surface area contributed by atoms with Crippen LogP contribution in [0.5, 0.6) is 11.5 Å². The largest absolute Gasteiger partial charge is 0.493 e. The van der Waals surface area contributed by atoms with Crippen LogP contribution in [0, 0.1) is 0 Å². The average Bonchev–Trinajstić information content (AvgIpc) is 2.46. The lowest BCUT2D eigenvalue weighted by molar-refractivity contribution is 0.111. The van der Waals surface area contributed by atoms with Gasteiger partial charge in [-0.2, -0.15) is 0 Å². The lowest BCUT2D eigenvalue weighted by atomic mass is 10.0. The minimum absolute atomic E-state index is 0.544. The van der Waals surface area contributed by atoms with E-state index in [4.69, 9.17) is 9.47 Å². The van der Waals surface area contributed by atoms with Gasteiger partial charge in [-0.3, -0.25) is 4.79 Å². The second-order valence-corrected chi connectivity index (χ2v) is 4.79. The van der Waals surface area contributed by atoms with Crippen LogP contribution in [0.15, 0.2) is 12.1 Å². The van der Waals surface area contributed by atoms with Crippen molar-refractivity contribution in [2.24, 2.45) is 0 Å². The summed E-state index contributed by atoms with van der Waals surface area (Å²) < 4.78 is 11.2. The molecule has 1 aromatic rings. The maximum atomic E-state index is 11.2. The molecule has 0 heterocycles. The Kier molecular flexibility index (Phi) is 7.78. The number of hydrogen-bond donors (Lipinski definition) is 0. The summed E-state index contributed by atoms with van der Waals surface area (Å²) in [5, 5.41) is 0. The van der Waals surface area contributed by atoms with Crippen LogP contribution in [0.3, 0.4) is 0 Å². The molecule has 0 saturated heterocycles. The lowest BCUT2D eigenvalue weighted by Crippen LogP contribution is -2.02. The fourth-order valence-electron chi connectivity index (χ4n) is 2.23. The van der Waals surface area contributed by atoms with Crippen LogP contribution in [0.25, 0.3) is 0 Å². The van der Waals surface area contributed by atoms with Gasteiger partial charge in [-0.1, -0.05) is 26.2 Å². The SMILES string of the molecule is CCCCCCc1cc(C=O)c(OCC)cc1OCC. The van der Waals surface area contributed by atoms with Crippen LogP contribution < -0.4 is 9.47 Å². The van der Waals surface area contributed by atoms with Gasteiger partial charge in [0.25, 0.3) is 0 Å². The quantitative estimate of drug-likeness (QED) is 0.469. The molecule has 0 atom stereocenters. The number of rotatable bonds is 10. The van der Waals surface area contributed by atoms with Gasteiger partial charge < -0.3 is 9.47 Å². The van der Waals surface area contributed by atoms with E-state index < -0.39 is 0 Å². The standard InChI is InChI=1S/C17H26O3/c1-4-7-8-9-10-14-11-15(13-18)17(20-6-3)12-16(14)19-5-2/h11-13H,4-10H2,1-3H3. The molecule has 0 saturated carbocycles. The average molecular weight is 278 g/mol. The maximum Gasteiger partial charge on any atom is 0.153 e. The highest BCUT2D eigenvalue weighted by Gasteiger charge is 2.11.